The first kappa shape index (κ1) is 28.8. The average molecular weight is 636 g/mol. The van der Waals surface area contributed by atoms with E-state index in [1.165, 1.54) is 10.8 Å². The van der Waals surface area contributed by atoms with Crippen molar-refractivity contribution in [1.82, 2.24) is 9.13 Å². The molecule has 0 bridgehead atoms. The molecule has 0 amide bonds. The third kappa shape index (κ3) is 4.24. The molecular formula is C45H25N5. The minimum Gasteiger partial charge on any atom is -0.309 e. The first-order valence-electron chi connectivity index (χ1n) is 16.3. The van der Waals surface area contributed by atoms with Crippen LogP contribution in [0.5, 0.6) is 0 Å². The van der Waals surface area contributed by atoms with Crippen LogP contribution < -0.4 is 0 Å². The van der Waals surface area contributed by atoms with Crippen molar-refractivity contribution in [3.8, 4) is 51.8 Å². The third-order valence-electron chi connectivity index (χ3n) is 9.65. The number of aromatic nitrogens is 2. The molecular weight excluding hydrogens is 611 g/mol. The van der Waals surface area contributed by atoms with Gasteiger partial charge in [0.05, 0.1) is 62.3 Å². The van der Waals surface area contributed by atoms with Crippen LogP contribution >= 0.6 is 0 Å². The van der Waals surface area contributed by atoms with Crippen molar-refractivity contribution in [2.24, 2.45) is 0 Å². The fraction of sp³-hybridized carbons (Fsp3) is 0. The van der Waals surface area contributed by atoms with Gasteiger partial charge in [0, 0.05) is 27.1 Å². The normalized spacial score (nSPS) is 11.1. The lowest BCUT2D eigenvalue weighted by atomic mass is 9.92. The van der Waals surface area contributed by atoms with Crippen LogP contribution in [0.3, 0.4) is 0 Å². The zero-order valence-corrected chi connectivity index (χ0v) is 26.7. The SMILES string of the molecule is N#Cc1ccc2c(c1)c1c(C#N)cccc1n2-c1cc(-c2ccccc2-c2ccccc2-n2c3ccccc3c3ccccc32)ccc1C#N. The maximum atomic E-state index is 10.4. The molecule has 0 aliphatic rings. The standard InChI is InChI=1S/C45H25N5/c46-26-29-20-23-42-38(24-29)45-32(28-48)10-9-19-43(45)50(42)44-25-30(21-22-31(44)27-47)33-11-1-2-12-34(33)35-13-3-6-16-39(35)49-40-17-7-4-14-36(40)37-15-5-8-18-41(37)49/h1-25H. The molecule has 0 fully saturated rings. The number of hydrogen-bond donors (Lipinski definition) is 0. The molecule has 0 radical (unpaired) electrons. The van der Waals surface area contributed by atoms with E-state index in [-0.39, 0.29) is 0 Å². The van der Waals surface area contributed by atoms with Gasteiger partial charge in [-0.1, -0.05) is 91.0 Å². The van der Waals surface area contributed by atoms with E-state index in [9.17, 15) is 15.8 Å². The van der Waals surface area contributed by atoms with Crippen molar-refractivity contribution in [2.45, 2.75) is 0 Å². The Hall–Kier alpha value is -7.39. The highest BCUT2D eigenvalue weighted by molar-refractivity contribution is 6.13. The highest BCUT2D eigenvalue weighted by atomic mass is 15.0. The molecule has 230 valence electrons. The van der Waals surface area contributed by atoms with Crippen LogP contribution in [0.2, 0.25) is 0 Å². The van der Waals surface area contributed by atoms with Crippen LogP contribution in [-0.2, 0) is 0 Å². The van der Waals surface area contributed by atoms with Gasteiger partial charge in [0.2, 0.25) is 0 Å². The lowest BCUT2D eigenvalue weighted by Gasteiger charge is -2.18. The van der Waals surface area contributed by atoms with Crippen molar-refractivity contribution in [2.75, 3.05) is 0 Å². The minimum absolute atomic E-state index is 0.502. The van der Waals surface area contributed by atoms with Gasteiger partial charge in [-0.2, -0.15) is 15.8 Å². The second kappa shape index (κ2) is 11.4. The largest absolute Gasteiger partial charge is 0.309 e. The van der Waals surface area contributed by atoms with Crippen LogP contribution in [0.4, 0.5) is 0 Å². The monoisotopic (exact) mass is 635 g/mol. The van der Waals surface area contributed by atoms with Crippen molar-refractivity contribution < 1.29 is 0 Å². The second-order valence-electron chi connectivity index (χ2n) is 12.3. The maximum absolute atomic E-state index is 10.4. The summed E-state index contributed by atoms with van der Waals surface area (Å²) in [4.78, 5) is 0. The van der Waals surface area contributed by atoms with Crippen LogP contribution in [0, 0.1) is 34.0 Å². The Morgan fingerprint density at radius 1 is 0.380 bits per heavy atom. The van der Waals surface area contributed by atoms with E-state index < -0.39 is 0 Å². The van der Waals surface area contributed by atoms with Gasteiger partial charge in [-0.25, -0.2) is 0 Å². The van der Waals surface area contributed by atoms with Gasteiger partial charge >= 0.3 is 0 Å². The predicted octanol–water partition coefficient (Wildman–Crippen LogP) is 10.8. The van der Waals surface area contributed by atoms with Crippen LogP contribution in [0.15, 0.2) is 152 Å². The van der Waals surface area contributed by atoms with Crippen molar-refractivity contribution in [1.29, 1.82) is 15.8 Å². The van der Waals surface area contributed by atoms with E-state index in [1.807, 2.05) is 47.0 Å². The average Bonchev–Trinajstić information content (AvgIpc) is 3.70. The van der Waals surface area contributed by atoms with Crippen molar-refractivity contribution in [3.63, 3.8) is 0 Å². The fourth-order valence-corrected chi connectivity index (χ4v) is 7.52. The number of rotatable bonds is 4. The summed E-state index contributed by atoms with van der Waals surface area (Å²) in [7, 11) is 0. The van der Waals surface area contributed by atoms with Crippen LogP contribution in [-0.4, -0.2) is 9.13 Å². The summed E-state index contributed by atoms with van der Waals surface area (Å²) in [6, 6.07) is 58.0. The summed E-state index contributed by atoms with van der Waals surface area (Å²) >= 11 is 0. The quantitative estimate of drug-likeness (QED) is 0.193. The zero-order chi connectivity index (χ0) is 33.8. The minimum atomic E-state index is 0.502. The van der Waals surface area contributed by atoms with E-state index in [4.69, 9.17) is 0 Å². The van der Waals surface area contributed by atoms with Gasteiger partial charge in [-0.05, 0) is 77.4 Å². The van der Waals surface area contributed by atoms with Gasteiger partial charge in [0.25, 0.3) is 0 Å². The molecule has 0 aliphatic heterocycles. The Bertz CT molecular complexity index is 2920. The Morgan fingerprint density at radius 2 is 0.980 bits per heavy atom. The highest BCUT2D eigenvalue weighted by Crippen LogP contribution is 2.41. The molecule has 9 rings (SSSR count). The summed E-state index contributed by atoms with van der Waals surface area (Å²) in [5.41, 5.74) is 11.3. The highest BCUT2D eigenvalue weighted by Gasteiger charge is 2.21. The Morgan fingerprint density at radius 3 is 1.70 bits per heavy atom. The number of para-hydroxylation sites is 3. The molecule has 2 heterocycles. The van der Waals surface area contributed by atoms with Crippen molar-refractivity contribution in [3.05, 3.63) is 168 Å². The Kier molecular flexibility index (Phi) is 6.56. The molecule has 7 aromatic carbocycles. The van der Waals surface area contributed by atoms with Gasteiger partial charge in [0.1, 0.15) is 6.07 Å². The summed E-state index contributed by atoms with van der Waals surface area (Å²) in [6.07, 6.45) is 0. The summed E-state index contributed by atoms with van der Waals surface area (Å²) in [5, 5.41) is 34.1. The molecule has 0 atom stereocenters. The number of nitrogens with zero attached hydrogens (tertiary/aromatic N) is 5. The molecule has 0 saturated carbocycles. The number of fused-ring (bicyclic) bond motifs is 6. The Balaban J connectivity index is 1.30. The van der Waals surface area contributed by atoms with Gasteiger partial charge in [-0.3, -0.25) is 0 Å². The van der Waals surface area contributed by atoms with E-state index >= 15 is 0 Å². The molecule has 0 aliphatic carbocycles. The molecule has 0 unspecified atom stereocenters. The second-order valence-corrected chi connectivity index (χ2v) is 12.3. The predicted molar refractivity (Wildman–Crippen MR) is 200 cm³/mol. The molecule has 50 heavy (non-hydrogen) atoms. The van der Waals surface area contributed by atoms with Crippen molar-refractivity contribution >= 4 is 43.6 Å². The molecule has 0 N–H and O–H groups in total. The number of nitriles is 3. The summed E-state index contributed by atoms with van der Waals surface area (Å²) in [6.45, 7) is 0. The molecule has 9 aromatic rings. The molecule has 2 aromatic heterocycles. The summed E-state index contributed by atoms with van der Waals surface area (Å²) < 4.78 is 4.39. The van der Waals surface area contributed by atoms with Crippen LogP contribution in [0.25, 0.3) is 77.2 Å². The van der Waals surface area contributed by atoms with Gasteiger partial charge in [0.15, 0.2) is 0 Å². The lowest BCUT2D eigenvalue weighted by Crippen LogP contribution is -2.00. The van der Waals surface area contributed by atoms with E-state index in [0.29, 0.717) is 22.4 Å². The zero-order valence-electron chi connectivity index (χ0n) is 26.7. The van der Waals surface area contributed by atoms with Gasteiger partial charge < -0.3 is 9.13 Å². The molecule has 5 heteroatoms. The molecule has 5 nitrogen and oxygen atoms in total. The van der Waals surface area contributed by atoms with E-state index in [0.717, 1.165) is 60.8 Å². The smallest absolute Gasteiger partial charge is 0.101 e. The van der Waals surface area contributed by atoms with E-state index in [1.54, 1.807) is 12.1 Å². The summed E-state index contributed by atoms with van der Waals surface area (Å²) in [5.74, 6) is 0. The molecule has 0 saturated heterocycles. The van der Waals surface area contributed by atoms with Gasteiger partial charge in [-0.15, -0.1) is 0 Å². The number of benzene rings is 7. The lowest BCUT2D eigenvalue weighted by molar-refractivity contribution is 1.17. The molecule has 0 spiro atoms. The Labute approximate surface area is 287 Å². The van der Waals surface area contributed by atoms with E-state index in [2.05, 4.69) is 120 Å². The van der Waals surface area contributed by atoms with Crippen LogP contribution in [0.1, 0.15) is 16.7 Å². The fourth-order valence-electron chi connectivity index (χ4n) is 7.52. The maximum Gasteiger partial charge on any atom is 0.101 e. The first-order valence-corrected chi connectivity index (χ1v) is 16.3. The number of hydrogen-bond acceptors (Lipinski definition) is 3. The first-order chi connectivity index (χ1) is 24.7. The third-order valence-corrected chi connectivity index (χ3v) is 9.65. The topological polar surface area (TPSA) is 81.2 Å².